The summed E-state index contributed by atoms with van der Waals surface area (Å²) in [6.45, 7) is 4.31. The normalized spacial score (nSPS) is 9.36. The van der Waals surface area contributed by atoms with Gasteiger partial charge in [-0.05, 0) is 12.3 Å². The monoisotopic (exact) mass is 286 g/mol. The second kappa shape index (κ2) is 8.91. The van der Waals surface area contributed by atoms with Gasteiger partial charge in [0.2, 0.25) is 0 Å². The van der Waals surface area contributed by atoms with Gasteiger partial charge in [0.05, 0.1) is 0 Å². The molecule has 0 aromatic carbocycles. The van der Waals surface area contributed by atoms with Crippen molar-refractivity contribution in [3.8, 4) is 0 Å². The van der Waals surface area contributed by atoms with Crippen molar-refractivity contribution in [2.45, 2.75) is 39.5 Å². The van der Waals surface area contributed by atoms with Gasteiger partial charge in [0.25, 0.3) is 0 Å². The molecule has 0 aromatic heterocycles. The fourth-order valence-corrected chi connectivity index (χ4v) is 0.829. The minimum absolute atomic E-state index is 0. The fourth-order valence-electron chi connectivity index (χ4n) is 0.829. The number of carboxylic acid groups (broad SMARTS) is 1. The molecule has 11 heavy (non-hydrogen) atoms. The van der Waals surface area contributed by atoms with Gasteiger partial charge in [-0.25, -0.2) is 0 Å². The van der Waals surface area contributed by atoms with E-state index in [1.807, 2.05) is 0 Å². The van der Waals surface area contributed by atoms with Crippen LogP contribution in [0.4, 0.5) is 0 Å². The molecule has 0 aliphatic heterocycles. The number of hydrogen-bond donors (Lipinski definition) is 1. The molecular weight excluding hydrogens is 272 g/mol. The SMILES string of the molecule is CC(C)CCCCC(=O)O.[Nd]. The number of carbonyl (C=O) groups is 1. The van der Waals surface area contributed by atoms with E-state index in [-0.39, 0.29) is 40.8 Å². The molecule has 64 valence electrons. The molecule has 0 saturated heterocycles. The minimum atomic E-state index is -0.677. The van der Waals surface area contributed by atoms with Gasteiger partial charge < -0.3 is 5.11 Å². The van der Waals surface area contributed by atoms with Crippen LogP contribution in [-0.4, -0.2) is 11.1 Å². The van der Waals surface area contributed by atoms with Crippen LogP contribution in [0.15, 0.2) is 0 Å². The number of rotatable bonds is 5. The van der Waals surface area contributed by atoms with Gasteiger partial charge in [0.1, 0.15) is 0 Å². The second-order valence-electron chi connectivity index (χ2n) is 3.03. The molecule has 0 spiro atoms. The van der Waals surface area contributed by atoms with E-state index in [2.05, 4.69) is 13.8 Å². The molecule has 0 fully saturated rings. The topological polar surface area (TPSA) is 37.3 Å². The van der Waals surface area contributed by atoms with Gasteiger partial charge in [-0.3, -0.25) is 4.79 Å². The Morgan fingerprint density at radius 1 is 1.36 bits per heavy atom. The Kier molecular flexibility index (Phi) is 11.6. The molecule has 1 N–H and O–H groups in total. The number of hydrogen-bond acceptors (Lipinski definition) is 1. The number of carboxylic acids is 1. The van der Waals surface area contributed by atoms with Gasteiger partial charge in [-0.2, -0.15) is 0 Å². The van der Waals surface area contributed by atoms with Crippen molar-refractivity contribution in [3.63, 3.8) is 0 Å². The minimum Gasteiger partial charge on any atom is -0.481 e. The summed E-state index contributed by atoms with van der Waals surface area (Å²) in [6.07, 6.45) is 3.34. The van der Waals surface area contributed by atoms with E-state index in [1.54, 1.807) is 0 Å². The van der Waals surface area contributed by atoms with Crippen molar-refractivity contribution in [1.82, 2.24) is 0 Å². The summed E-state index contributed by atoms with van der Waals surface area (Å²) in [7, 11) is 0. The van der Waals surface area contributed by atoms with Gasteiger partial charge in [-0.1, -0.05) is 26.7 Å². The summed E-state index contributed by atoms with van der Waals surface area (Å²) in [4.78, 5) is 10.0. The van der Waals surface area contributed by atoms with Crippen molar-refractivity contribution >= 4 is 5.97 Å². The Morgan fingerprint density at radius 2 is 1.91 bits per heavy atom. The summed E-state index contributed by atoms with van der Waals surface area (Å²) in [5.41, 5.74) is 0. The second-order valence-corrected chi connectivity index (χ2v) is 3.03. The molecular formula is C8H16NdO2. The van der Waals surface area contributed by atoms with Crippen molar-refractivity contribution in [3.05, 3.63) is 0 Å². The fraction of sp³-hybridized carbons (Fsp3) is 0.875. The van der Waals surface area contributed by atoms with E-state index in [4.69, 9.17) is 5.11 Å². The molecule has 0 aliphatic rings. The Bertz CT molecular complexity index is 102. The van der Waals surface area contributed by atoms with Gasteiger partial charge in [-0.15, -0.1) is 0 Å². The van der Waals surface area contributed by atoms with Crippen LogP contribution in [-0.2, 0) is 4.79 Å². The molecule has 2 nitrogen and oxygen atoms in total. The van der Waals surface area contributed by atoms with Crippen LogP contribution < -0.4 is 0 Å². The van der Waals surface area contributed by atoms with E-state index in [9.17, 15) is 4.79 Å². The Labute approximate surface area is 101 Å². The maximum Gasteiger partial charge on any atom is 0.303 e. The van der Waals surface area contributed by atoms with Gasteiger partial charge in [0.15, 0.2) is 0 Å². The largest absolute Gasteiger partial charge is 0.481 e. The van der Waals surface area contributed by atoms with Crippen molar-refractivity contribution < 1.29 is 50.7 Å². The van der Waals surface area contributed by atoms with E-state index in [0.29, 0.717) is 12.3 Å². The van der Waals surface area contributed by atoms with Crippen LogP contribution >= 0.6 is 0 Å². The molecule has 3 heteroatoms. The number of unbranched alkanes of at least 4 members (excludes halogenated alkanes) is 1. The molecule has 0 aliphatic carbocycles. The molecule has 0 atom stereocenters. The van der Waals surface area contributed by atoms with Crippen LogP contribution in [0.5, 0.6) is 0 Å². The Morgan fingerprint density at radius 3 is 2.27 bits per heavy atom. The van der Waals surface area contributed by atoms with Gasteiger partial charge in [0, 0.05) is 47.3 Å². The summed E-state index contributed by atoms with van der Waals surface area (Å²) in [5.74, 6) is 0.0255. The molecule has 0 unspecified atom stereocenters. The molecule has 0 bridgehead atoms. The van der Waals surface area contributed by atoms with Crippen LogP contribution in [0.25, 0.3) is 0 Å². The standard InChI is InChI=1S/C8H16O2.Nd/c1-7(2)5-3-4-6-8(9)10;/h7H,3-6H2,1-2H3,(H,9,10);. The summed E-state index contributed by atoms with van der Waals surface area (Å²) in [5, 5.41) is 8.28. The molecule has 0 radical (unpaired) electrons. The Hall–Kier alpha value is 0.821. The van der Waals surface area contributed by atoms with Crippen LogP contribution in [0.1, 0.15) is 39.5 Å². The van der Waals surface area contributed by atoms with E-state index < -0.39 is 5.97 Å². The van der Waals surface area contributed by atoms with E-state index >= 15 is 0 Å². The van der Waals surface area contributed by atoms with Crippen LogP contribution in [0, 0.1) is 46.8 Å². The zero-order valence-corrected chi connectivity index (χ0v) is 10.5. The summed E-state index contributed by atoms with van der Waals surface area (Å²) in [6, 6.07) is 0. The van der Waals surface area contributed by atoms with Crippen LogP contribution in [0.2, 0.25) is 0 Å². The molecule has 0 saturated carbocycles. The maximum absolute atomic E-state index is 10.0. The smallest absolute Gasteiger partial charge is 0.303 e. The average molecular weight is 288 g/mol. The first-order valence-electron chi connectivity index (χ1n) is 3.84. The third-order valence-corrected chi connectivity index (χ3v) is 1.42. The third-order valence-electron chi connectivity index (χ3n) is 1.42. The third kappa shape index (κ3) is 13.8. The average Bonchev–Trinajstić information content (AvgIpc) is 1.79. The quantitative estimate of drug-likeness (QED) is 0.788. The first-order chi connectivity index (χ1) is 4.63. The van der Waals surface area contributed by atoms with E-state index in [1.165, 1.54) is 0 Å². The van der Waals surface area contributed by atoms with Crippen molar-refractivity contribution in [1.29, 1.82) is 0 Å². The molecule has 0 aromatic rings. The molecule has 0 amide bonds. The Balaban J connectivity index is 0. The molecule has 0 heterocycles. The van der Waals surface area contributed by atoms with Crippen molar-refractivity contribution in [2.24, 2.45) is 5.92 Å². The summed E-state index contributed by atoms with van der Waals surface area (Å²) >= 11 is 0. The zero-order chi connectivity index (χ0) is 7.98. The predicted octanol–water partition coefficient (Wildman–Crippen LogP) is 2.29. The zero-order valence-electron chi connectivity index (χ0n) is 7.26. The first-order valence-corrected chi connectivity index (χ1v) is 3.84. The van der Waals surface area contributed by atoms with E-state index in [0.717, 1.165) is 19.3 Å². The van der Waals surface area contributed by atoms with Crippen LogP contribution in [0.3, 0.4) is 0 Å². The summed E-state index contributed by atoms with van der Waals surface area (Å²) < 4.78 is 0. The maximum atomic E-state index is 10.0. The molecule has 0 rings (SSSR count). The predicted molar refractivity (Wildman–Crippen MR) is 40.9 cm³/mol. The van der Waals surface area contributed by atoms with Crippen molar-refractivity contribution in [2.75, 3.05) is 0 Å². The first kappa shape index (κ1) is 14.4. The number of aliphatic carboxylic acids is 1. The van der Waals surface area contributed by atoms with Gasteiger partial charge >= 0.3 is 5.97 Å².